The zero-order chi connectivity index (χ0) is 21.6. The lowest BCUT2D eigenvalue weighted by Gasteiger charge is -2.11. The Morgan fingerprint density at radius 1 is 0.867 bits per heavy atom. The Morgan fingerprint density at radius 2 is 1.63 bits per heavy atom. The minimum absolute atomic E-state index is 0.0428. The molecule has 2 aromatic heterocycles. The fourth-order valence-electron chi connectivity index (χ4n) is 2.93. The molecular weight excluding hydrogens is 400 g/mol. The van der Waals surface area contributed by atoms with Gasteiger partial charge < -0.3 is 10.6 Å². The first-order valence-electron chi connectivity index (χ1n) is 9.61. The predicted octanol–water partition coefficient (Wildman–Crippen LogP) is 3.07. The molecule has 3 aromatic rings. The Bertz CT molecular complexity index is 1120. The lowest BCUT2D eigenvalue weighted by molar-refractivity contribution is 0.582. The van der Waals surface area contributed by atoms with E-state index in [0.29, 0.717) is 29.8 Å². The van der Waals surface area contributed by atoms with E-state index in [0.717, 1.165) is 16.7 Å². The molecule has 0 bridgehead atoms. The van der Waals surface area contributed by atoms with Crippen LogP contribution in [0.25, 0.3) is 0 Å². The van der Waals surface area contributed by atoms with Gasteiger partial charge in [-0.2, -0.15) is 0 Å². The molecule has 0 atom stereocenters. The zero-order valence-electron chi connectivity index (χ0n) is 17.3. The van der Waals surface area contributed by atoms with E-state index in [1.165, 1.54) is 0 Å². The number of hydrogen-bond donors (Lipinski definition) is 3. The van der Waals surface area contributed by atoms with Crippen LogP contribution in [0.15, 0.2) is 48.7 Å². The second kappa shape index (κ2) is 9.64. The number of rotatable bonds is 9. The standard InChI is InChI=1S/C21H26N6O2S/c1-15-5-4-6-18(11-15)14-30(28,29)24-10-9-23-20-13-21(26-17(3)25-20)27-19-12-16(2)7-8-22-19/h4-8,11-13,24H,9-10,14H2,1-3H3,(H2,22,23,25,26,27). The SMILES string of the molecule is Cc1cccc(CS(=O)(=O)NCCNc2cc(Nc3cc(C)ccn3)nc(C)n2)c1. The van der Waals surface area contributed by atoms with Gasteiger partial charge in [-0.3, -0.25) is 0 Å². The normalized spacial score (nSPS) is 11.3. The molecule has 30 heavy (non-hydrogen) atoms. The van der Waals surface area contributed by atoms with Gasteiger partial charge in [-0.25, -0.2) is 28.1 Å². The maximum Gasteiger partial charge on any atom is 0.215 e. The van der Waals surface area contributed by atoms with Crippen molar-refractivity contribution in [2.75, 3.05) is 23.7 Å². The molecular formula is C21H26N6O2S. The minimum Gasteiger partial charge on any atom is -0.369 e. The average molecular weight is 427 g/mol. The molecule has 8 nitrogen and oxygen atoms in total. The van der Waals surface area contributed by atoms with Crippen molar-refractivity contribution in [2.24, 2.45) is 0 Å². The van der Waals surface area contributed by atoms with Crippen LogP contribution in [0.2, 0.25) is 0 Å². The van der Waals surface area contributed by atoms with Crippen LogP contribution in [-0.2, 0) is 15.8 Å². The fraction of sp³-hybridized carbons (Fsp3) is 0.286. The summed E-state index contributed by atoms with van der Waals surface area (Å²) in [7, 11) is -3.41. The molecule has 0 unspecified atom stereocenters. The van der Waals surface area contributed by atoms with Crippen molar-refractivity contribution in [1.82, 2.24) is 19.7 Å². The van der Waals surface area contributed by atoms with Crippen LogP contribution in [0, 0.1) is 20.8 Å². The Balaban J connectivity index is 1.53. The molecule has 3 N–H and O–H groups in total. The molecule has 0 amide bonds. The molecule has 1 aromatic carbocycles. The highest BCUT2D eigenvalue weighted by atomic mass is 32.2. The summed E-state index contributed by atoms with van der Waals surface area (Å²) >= 11 is 0. The number of nitrogens with zero attached hydrogens (tertiary/aromatic N) is 3. The number of aromatic nitrogens is 3. The summed E-state index contributed by atoms with van der Waals surface area (Å²) in [5, 5.41) is 6.29. The Morgan fingerprint density at radius 3 is 2.40 bits per heavy atom. The summed E-state index contributed by atoms with van der Waals surface area (Å²) in [6.07, 6.45) is 1.73. The fourth-order valence-corrected chi connectivity index (χ4v) is 4.06. The van der Waals surface area contributed by atoms with E-state index < -0.39 is 10.0 Å². The van der Waals surface area contributed by atoms with Crippen LogP contribution >= 0.6 is 0 Å². The molecule has 0 aliphatic rings. The van der Waals surface area contributed by atoms with Gasteiger partial charge in [-0.1, -0.05) is 29.8 Å². The van der Waals surface area contributed by atoms with Crippen LogP contribution in [0.5, 0.6) is 0 Å². The van der Waals surface area contributed by atoms with E-state index in [-0.39, 0.29) is 12.3 Å². The number of aryl methyl sites for hydroxylation is 3. The minimum atomic E-state index is -3.41. The van der Waals surface area contributed by atoms with Gasteiger partial charge in [0.1, 0.15) is 23.3 Å². The Hall–Kier alpha value is -3.04. The molecule has 2 heterocycles. The monoisotopic (exact) mass is 426 g/mol. The number of sulfonamides is 1. The molecule has 158 valence electrons. The molecule has 0 spiro atoms. The van der Waals surface area contributed by atoms with Gasteiger partial charge in [-0.15, -0.1) is 0 Å². The highest BCUT2D eigenvalue weighted by molar-refractivity contribution is 7.88. The maximum absolute atomic E-state index is 12.3. The highest BCUT2D eigenvalue weighted by Crippen LogP contribution is 2.16. The van der Waals surface area contributed by atoms with Gasteiger partial charge in [0.25, 0.3) is 0 Å². The first-order chi connectivity index (χ1) is 14.3. The maximum atomic E-state index is 12.3. The largest absolute Gasteiger partial charge is 0.369 e. The van der Waals surface area contributed by atoms with Gasteiger partial charge in [0.2, 0.25) is 10.0 Å². The second-order valence-electron chi connectivity index (χ2n) is 7.10. The third-order valence-corrected chi connectivity index (χ3v) is 5.56. The van der Waals surface area contributed by atoms with Crippen molar-refractivity contribution >= 4 is 27.5 Å². The smallest absolute Gasteiger partial charge is 0.215 e. The van der Waals surface area contributed by atoms with Crippen LogP contribution in [0.3, 0.4) is 0 Å². The third-order valence-electron chi connectivity index (χ3n) is 4.20. The first kappa shape index (κ1) is 21.7. The summed E-state index contributed by atoms with van der Waals surface area (Å²) in [5.74, 6) is 2.47. The number of anilines is 3. The van der Waals surface area contributed by atoms with Gasteiger partial charge in [0.05, 0.1) is 5.75 Å². The average Bonchev–Trinajstić information content (AvgIpc) is 2.64. The number of pyridine rings is 1. The summed E-state index contributed by atoms with van der Waals surface area (Å²) in [4.78, 5) is 13.0. The van der Waals surface area contributed by atoms with Gasteiger partial charge in [0.15, 0.2) is 0 Å². The Kier molecular flexibility index (Phi) is 6.96. The number of hydrogen-bond acceptors (Lipinski definition) is 7. The topological polar surface area (TPSA) is 109 Å². The van der Waals surface area contributed by atoms with Crippen molar-refractivity contribution in [3.05, 3.63) is 71.2 Å². The van der Waals surface area contributed by atoms with Crippen molar-refractivity contribution in [2.45, 2.75) is 26.5 Å². The molecule has 3 rings (SSSR count). The van der Waals surface area contributed by atoms with Gasteiger partial charge >= 0.3 is 0 Å². The Labute approximate surface area is 177 Å². The van der Waals surface area contributed by atoms with Crippen molar-refractivity contribution < 1.29 is 8.42 Å². The molecule has 0 aliphatic carbocycles. The number of benzene rings is 1. The van der Waals surface area contributed by atoms with Crippen molar-refractivity contribution in [3.8, 4) is 0 Å². The van der Waals surface area contributed by atoms with E-state index in [4.69, 9.17) is 0 Å². The summed E-state index contributed by atoms with van der Waals surface area (Å²) in [5.41, 5.74) is 2.89. The van der Waals surface area contributed by atoms with Gasteiger partial charge in [-0.05, 0) is 44.0 Å². The van der Waals surface area contributed by atoms with E-state index >= 15 is 0 Å². The summed E-state index contributed by atoms with van der Waals surface area (Å²) in [6, 6.07) is 13.1. The van der Waals surface area contributed by atoms with Crippen LogP contribution in [0.1, 0.15) is 22.5 Å². The van der Waals surface area contributed by atoms with E-state index in [1.807, 2.05) is 50.2 Å². The van der Waals surface area contributed by atoms with Gasteiger partial charge in [0, 0.05) is 25.4 Å². The van der Waals surface area contributed by atoms with Crippen LogP contribution in [0.4, 0.5) is 17.5 Å². The first-order valence-corrected chi connectivity index (χ1v) is 11.3. The molecule has 0 fully saturated rings. The molecule has 9 heteroatoms. The zero-order valence-corrected chi connectivity index (χ0v) is 18.1. The highest BCUT2D eigenvalue weighted by Gasteiger charge is 2.11. The quantitative estimate of drug-likeness (QED) is 0.451. The predicted molar refractivity (Wildman–Crippen MR) is 119 cm³/mol. The molecule has 0 aliphatic heterocycles. The third kappa shape index (κ3) is 6.78. The van der Waals surface area contributed by atoms with Crippen LogP contribution in [-0.4, -0.2) is 36.5 Å². The molecule has 0 saturated carbocycles. The lowest BCUT2D eigenvalue weighted by Crippen LogP contribution is -2.30. The van der Waals surface area contributed by atoms with Crippen molar-refractivity contribution in [3.63, 3.8) is 0 Å². The molecule has 0 radical (unpaired) electrons. The number of nitrogens with one attached hydrogen (secondary N) is 3. The summed E-state index contributed by atoms with van der Waals surface area (Å²) < 4.78 is 27.2. The van der Waals surface area contributed by atoms with Crippen molar-refractivity contribution in [1.29, 1.82) is 0 Å². The molecule has 0 saturated heterocycles. The lowest BCUT2D eigenvalue weighted by atomic mass is 10.2. The van der Waals surface area contributed by atoms with E-state index in [1.54, 1.807) is 19.2 Å². The van der Waals surface area contributed by atoms with Crippen LogP contribution < -0.4 is 15.4 Å². The van der Waals surface area contributed by atoms with E-state index in [9.17, 15) is 8.42 Å². The summed E-state index contributed by atoms with van der Waals surface area (Å²) in [6.45, 7) is 6.37. The second-order valence-corrected chi connectivity index (χ2v) is 8.91. The van der Waals surface area contributed by atoms with E-state index in [2.05, 4.69) is 30.3 Å².